The first-order valence-electron chi connectivity index (χ1n) is 9.02. The normalized spacial score (nSPS) is 10.9. The van der Waals surface area contributed by atoms with E-state index >= 15 is 0 Å². The minimum Gasteiger partial charge on any atom is -0.496 e. The Morgan fingerprint density at radius 3 is 2.38 bits per heavy atom. The van der Waals surface area contributed by atoms with Gasteiger partial charge in [0.15, 0.2) is 0 Å². The molecule has 0 fully saturated rings. The van der Waals surface area contributed by atoms with E-state index in [1.165, 1.54) is 12.3 Å². The fourth-order valence-corrected chi connectivity index (χ4v) is 3.39. The van der Waals surface area contributed by atoms with Gasteiger partial charge in [0.25, 0.3) is 0 Å². The minimum atomic E-state index is -0.680. The molecule has 2 aromatic heterocycles. The quantitative estimate of drug-likeness (QED) is 0.403. The molecule has 0 spiro atoms. The molecule has 0 saturated carbocycles. The van der Waals surface area contributed by atoms with Crippen LogP contribution in [0.5, 0.6) is 5.75 Å². The van der Waals surface area contributed by atoms with E-state index in [0.29, 0.717) is 33.7 Å². The SMILES string of the molecule is COc1ccccc1-c1ccncc1-c1nocc1-c1cc(CF)cc(CF)c1. The highest BCUT2D eigenvalue weighted by atomic mass is 19.1. The average molecular weight is 392 g/mol. The number of aromatic nitrogens is 2. The van der Waals surface area contributed by atoms with Crippen molar-refractivity contribution in [2.75, 3.05) is 7.11 Å². The zero-order chi connectivity index (χ0) is 20.2. The van der Waals surface area contributed by atoms with Crippen LogP contribution in [0.25, 0.3) is 33.5 Å². The molecule has 0 saturated heterocycles. The lowest BCUT2D eigenvalue weighted by Crippen LogP contribution is -1.93. The van der Waals surface area contributed by atoms with Gasteiger partial charge in [0.1, 0.15) is 31.1 Å². The summed E-state index contributed by atoms with van der Waals surface area (Å²) < 4.78 is 37.3. The third kappa shape index (κ3) is 3.61. The lowest BCUT2D eigenvalue weighted by atomic mass is 9.94. The number of halogens is 2. The molecule has 6 heteroatoms. The summed E-state index contributed by atoms with van der Waals surface area (Å²) in [4.78, 5) is 4.24. The fraction of sp³-hybridized carbons (Fsp3) is 0.130. The Labute approximate surface area is 166 Å². The Balaban J connectivity index is 1.89. The van der Waals surface area contributed by atoms with Crippen molar-refractivity contribution in [3.8, 4) is 39.3 Å². The van der Waals surface area contributed by atoms with Crippen LogP contribution >= 0.6 is 0 Å². The van der Waals surface area contributed by atoms with Gasteiger partial charge < -0.3 is 9.26 Å². The molecule has 0 aliphatic heterocycles. The summed E-state index contributed by atoms with van der Waals surface area (Å²) in [5.41, 5.74) is 5.09. The lowest BCUT2D eigenvalue weighted by molar-refractivity contribution is 0.416. The van der Waals surface area contributed by atoms with Gasteiger partial charge in [0.05, 0.1) is 7.11 Å². The highest BCUT2D eigenvalue weighted by Gasteiger charge is 2.19. The monoisotopic (exact) mass is 392 g/mol. The number of para-hydroxylation sites is 1. The highest BCUT2D eigenvalue weighted by molar-refractivity contribution is 5.90. The number of pyridine rings is 1. The van der Waals surface area contributed by atoms with Gasteiger partial charge >= 0.3 is 0 Å². The first-order chi connectivity index (χ1) is 14.2. The van der Waals surface area contributed by atoms with E-state index < -0.39 is 13.3 Å². The topological polar surface area (TPSA) is 48.2 Å². The number of ether oxygens (including phenoxy) is 1. The van der Waals surface area contributed by atoms with Crippen LogP contribution in [-0.2, 0) is 13.3 Å². The maximum Gasteiger partial charge on any atom is 0.132 e. The molecule has 29 heavy (non-hydrogen) atoms. The molecule has 2 aromatic carbocycles. The van der Waals surface area contributed by atoms with Gasteiger partial charge in [-0.25, -0.2) is 8.78 Å². The molecule has 0 N–H and O–H groups in total. The van der Waals surface area contributed by atoms with Gasteiger partial charge in [-0.15, -0.1) is 0 Å². The van der Waals surface area contributed by atoms with E-state index in [2.05, 4.69) is 10.1 Å². The standard InChI is InChI=1S/C23H18F2N2O2/c1-28-22-5-3-2-4-19(22)18-6-7-26-13-20(18)23-21(14-29-27-23)17-9-15(11-24)8-16(10-17)12-25/h2-10,13-14H,11-12H2,1H3. The number of methoxy groups -OCH3 is 1. The first kappa shape index (κ1) is 18.8. The summed E-state index contributed by atoms with van der Waals surface area (Å²) in [5.74, 6) is 0.712. The number of rotatable bonds is 6. The van der Waals surface area contributed by atoms with Crippen molar-refractivity contribution in [1.82, 2.24) is 10.1 Å². The molecular formula is C23H18F2N2O2. The molecule has 4 aromatic rings. The van der Waals surface area contributed by atoms with Crippen molar-refractivity contribution in [3.63, 3.8) is 0 Å². The lowest BCUT2D eigenvalue weighted by Gasteiger charge is -2.12. The Kier molecular flexibility index (Phi) is 5.33. The molecular weight excluding hydrogens is 374 g/mol. The van der Waals surface area contributed by atoms with Gasteiger partial charge in [-0.05, 0) is 46.5 Å². The maximum atomic E-state index is 13.3. The zero-order valence-corrected chi connectivity index (χ0v) is 15.7. The van der Waals surface area contributed by atoms with Crippen LogP contribution in [0, 0.1) is 0 Å². The number of alkyl halides is 2. The molecule has 0 bridgehead atoms. The van der Waals surface area contributed by atoms with Crippen LogP contribution in [0.3, 0.4) is 0 Å². The minimum absolute atomic E-state index is 0.401. The summed E-state index contributed by atoms with van der Waals surface area (Å²) in [6.45, 7) is -1.36. The molecule has 4 rings (SSSR count). The predicted octanol–water partition coefficient (Wildman–Crippen LogP) is 6.02. The molecule has 4 nitrogen and oxygen atoms in total. The van der Waals surface area contributed by atoms with E-state index in [1.54, 1.807) is 31.6 Å². The Bertz CT molecular complexity index is 1120. The molecule has 2 heterocycles. The second-order valence-electron chi connectivity index (χ2n) is 6.50. The Hall–Kier alpha value is -3.54. The van der Waals surface area contributed by atoms with Crippen molar-refractivity contribution in [1.29, 1.82) is 0 Å². The van der Waals surface area contributed by atoms with Crippen LogP contribution in [0.2, 0.25) is 0 Å². The summed E-state index contributed by atoms with van der Waals surface area (Å²) in [7, 11) is 1.61. The number of hydrogen-bond donors (Lipinski definition) is 0. The van der Waals surface area contributed by atoms with Crippen molar-refractivity contribution in [3.05, 3.63) is 78.3 Å². The van der Waals surface area contributed by atoms with Crippen molar-refractivity contribution < 1.29 is 18.0 Å². The molecule has 0 unspecified atom stereocenters. The average Bonchev–Trinajstić information content (AvgIpc) is 3.28. The molecule has 0 amide bonds. The van der Waals surface area contributed by atoms with Crippen molar-refractivity contribution in [2.45, 2.75) is 13.3 Å². The summed E-state index contributed by atoms with van der Waals surface area (Å²) in [6.07, 6.45) is 4.86. The maximum absolute atomic E-state index is 13.3. The smallest absolute Gasteiger partial charge is 0.132 e. The molecule has 0 aliphatic carbocycles. The van der Waals surface area contributed by atoms with E-state index in [0.717, 1.165) is 16.7 Å². The van der Waals surface area contributed by atoms with E-state index in [9.17, 15) is 8.78 Å². The van der Waals surface area contributed by atoms with Crippen LogP contribution in [0.4, 0.5) is 8.78 Å². The van der Waals surface area contributed by atoms with Gasteiger partial charge in [-0.3, -0.25) is 4.98 Å². The highest BCUT2D eigenvalue weighted by Crippen LogP contribution is 2.40. The van der Waals surface area contributed by atoms with Crippen LogP contribution < -0.4 is 4.74 Å². The second kappa shape index (κ2) is 8.22. The second-order valence-corrected chi connectivity index (χ2v) is 6.50. The fourth-order valence-electron chi connectivity index (χ4n) is 3.39. The molecule has 0 aliphatic rings. The first-order valence-corrected chi connectivity index (χ1v) is 9.02. The zero-order valence-electron chi connectivity index (χ0n) is 15.7. The predicted molar refractivity (Wildman–Crippen MR) is 107 cm³/mol. The molecule has 146 valence electrons. The van der Waals surface area contributed by atoms with E-state index in [4.69, 9.17) is 9.26 Å². The summed E-state index contributed by atoms with van der Waals surface area (Å²) in [6, 6.07) is 14.4. The third-order valence-corrected chi connectivity index (χ3v) is 4.72. The Morgan fingerprint density at radius 2 is 1.66 bits per heavy atom. The van der Waals surface area contributed by atoms with Gasteiger partial charge in [-0.2, -0.15) is 0 Å². The van der Waals surface area contributed by atoms with Crippen molar-refractivity contribution in [2.24, 2.45) is 0 Å². The van der Waals surface area contributed by atoms with Gasteiger partial charge in [0, 0.05) is 29.1 Å². The van der Waals surface area contributed by atoms with E-state index in [1.807, 2.05) is 30.3 Å². The molecule has 0 radical (unpaired) electrons. The number of nitrogens with zero attached hydrogens (tertiary/aromatic N) is 2. The number of benzene rings is 2. The Morgan fingerprint density at radius 1 is 0.897 bits per heavy atom. The third-order valence-electron chi connectivity index (χ3n) is 4.72. The van der Waals surface area contributed by atoms with Gasteiger partial charge in [-0.1, -0.05) is 29.4 Å². The number of hydrogen-bond acceptors (Lipinski definition) is 4. The van der Waals surface area contributed by atoms with Crippen LogP contribution in [0.15, 0.2) is 71.7 Å². The van der Waals surface area contributed by atoms with Crippen LogP contribution in [0.1, 0.15) is 11.1 Å². The summed E-state index contributed by atoms with van der Waals surface area (Å²) >= 11 is 0. The van der Waals surface area contributed by atoms with Gasteiger partial charge in [0.2, 0.25) is 0 Å². The largest absolute Gasteiger partial charge is 0.496 e. The van der Waals surface area contributed by atoms with Crippen LogP contribution in [-0.4, -0.2) is 17.3 Å². The van der Waals surface area contributed by atoms with E-state index in [-0.39, 0.29) is 0 Å². The molecule has 0 atom stereocenters. The summed E-state index contributed by atoms with van der Waals surface area (Å²) in [5, 5.41) is 4.17. The van der Waals surface area contributed by atoms with Crippen molar-refractivity contribution >= 4 is 0 Å².